The first-order valence-electron chi connectivity index (χ1n) is 7.85. The van der Waals surface area contributed by atoms with Crippen LogP contribution in [-0.2, 0) is 19.3 Å². The molecule has 5 nitrogen and oxygen atoms in total. The van der Waals surface area contributed by atoms with Crippen LogP contribution < -0.4 is 10.6 Å². The third kappa shape index (κ3) is 2.65. The fourth-order valence-electron chi connectivity index (χ4n) is 3.00. The van der Waals surface area contributed by atoms with E-state index in [1.807, 2.05) is 45.9 Å². The average Bonchev–Trinajstić information content (AvgIpc) is 2.66. The summed E-state index contributed by atoms with van der Waals surface area (Å²) in [6.07, 6.45) is 0. The van der Waals surface area contributed by atoms with Gasteiger partial charge < -0.3 is 9.31 Å². The van der Waals surface area contributed by atoms with E-state index in [-0.39, 0.29) is 4.90 Å². The van der Waals surface area contributed by atoms with Crippen LogP contribution in [0.5, 0.6) is 0 Å². The molecule has 1 aliphatic rings. The number of sulfonamides is 1. The zero-order valence-corrected chi connectivity index (χ0v) is 15.4. The number of hydrogen-bond donors (Lipinski definition) is 1. The largest absolute Gasteiger partial charge is 0.495 e. The normalized spacial score (nSPS) is 19.8. The minimum Gasteiger partial charge on any atom is -0.399 e. The van der Waals surface area contributed by atoms with E-state index >= 15 is 0 Å². The molecule has 0 spiro atoms. The molecule has 3 rings (SSSR count). The highest BCUT2D eigenvalue weighted by atomic mass is 32.2. The molecule has 1 heterocycles. The molecule has 0 aromatic heterocycles. The lowest BCUT2D eigenvalue weighted by Gasteiger charge is -2.32. The van der Waals surface area contributed by atoms with Crippen LogP contribution in [0.4, 0.5) is 0 Å². The van der Waals surface area contributed by atoms with E-state index < -0.39 is 28.3 Å². The molecule has 2 aromatic rings. The van der Waals surface area contributed by atoms with Gasteiger partial charge in [0, 0.05) is 0 Å². The van der Waals surface area contributed by atoms with Gasteiger partial charge in [0.05, 0.1) is 16.1 Å². The molecule has 0 amide bonds. The van der Waals surface area contributed by atoms with Gasteiger partial charge in [-0.25, -0.2) is 13.6 Å². The van der Waals surface area contributed by atoms with Gasteiger partial charge in [-0.2, -0.15) is 0 Å². The molecule has 24 heavy (non-hydrogen) atoms. The van der Waals surface area contributed by atoms with Crippen molar-refractivity contribution in [2.24, 2.45) is 5.14 Å². The molecule has 128 valence electrons. The van der Waals surface area contributed by atoms with Crippen molar-refractivity contribution in [1.82, 2.24) is 0 Å². The van der Waals surface area contributed by atoms with E-state index in [0.717, 1.165) is 16.2 Å². The lowest BCUT2D eigenvalue weighted by atomic mass is 9.76. The van der Waals surface area contributed by atoms with Gasteiger partial charge in [-0.3, -0.25) is 0 Å². The Morgan fingerprint density at radius 1 is 0.958 bits per heavy atom. The number of benzene rings is 2. The van der Waals surface area contributed by atoms with Crippen LogP contribution >= 0.6 is 0 Å². The summed E-state index contributed by atoms with van der Waals surface area (Å²) < 4.78 is 35.7. The first kappa shape index (κ1) is 17.4. The Bertz CT molecular complexity index is 906. The van der Waals surface area contributed by atoms with Crippen LogP contribution in [0.1, 0.15) is 33.3 Å². The quantitative estimate of drug-likeness (QED) is 0.844. The van der Waals surface area contributed by atoms with Crippen molar-refractivity contribution >= 4 is 33.4 Å². The monoisotopic (exact) mass is 347 g/mol. The Morgan fingerprint density at radius 2 is 1.54 bits per heavy atom. The Kier molecular flexibility index (Phi) is 3.84. The number of fused-ring (bicyclic) bond motifs is 1. The third-order valence-electron chi connectivity index (χ3n) is 5.13. The summed E-state index contributed by atoms with van der Waals surface area (Å²) in [4.78, 5) is 0.140. The fourth-order valence-corrected chi connectivity index (χ4v) is 3.79. The molecule has 0 radical (unpaired) electrons. The van der Waals surface area contributed by atoms with Gasteiger partial charge in [-0.1, -0.05) is 24.3 Å². The molecule has 1 saturated heterocycles. The molecule has 7 heteroatoms. The summed E-state index contributed by atoms with van der Waals surface area (Å²) in [6.45, 7) is 9.77. The predicted molar refractivity (Wildman–Crippen MR) is 95.8 cm³/mol. The van der Waals surface area contributed by atoms with Crippen molar-refractivity contribution < 1.29 is 17.7 Å². The minimum atomic E-state index is -3.76. The predicted octanol–water partition coefficient (Wildman–Crippen LogP) is 2.09. The van der Waals surface area contributed by atoms with Crippen molar-refractivity contribution in [1.29, 1.82) is 0 Å². The van der Waals surface area contributed by atoms with Crippen LogP contribution in [0.15, 0.2) is 35.2 Å². The smallest absolute Gasteiger partial charge is 0.399 e. The maximum Gasteiger partial charge on any atom is 0.495 e. The lowest BCUT2D eigenvalue weighted by Crippen LogP contribution is -2.41. The second-order valence-electron chi connectivity index (χ2n) is 7.26. The molecule has 1 fully saturated rings. The summed E-state index contributed by atoms with van der Waals surface area (Å²) in [5, 5.41) is 7.03. The highest BCUT2D eigenvalue weighted by Crippen LogP contribution is 2.37. The van der Waals surface area contributed by atoms with Gasteiger partial charge in [0.15, 0.2) is 0 Å². The average molecular weight is 347 g/mol. The van der Waals surface area contributed by atoms with E-state index in [1.54, 1.807) is 19.1 Å². The van der Waals surface area contributed by atoms with Gasteiger partial charge in [-0.05, 0) is 62.5 Å². The lowest BCUT2D eigenvalue weighted by molar-refractivity contribution is 0.00578. The number of nitrogens with two attached hydrogens (primary N) is 1. The van der Waals surface area contributed by atoms with Crippen LogP contribution in [0, 0.1) is 6.92 Å². The van der Waals surface area contributed by atoms with Crippen molar-refractivity contribution in [2.45, 2.75) is 50.7 Å². The first-order valence-corrected chi connectivity index (χ1v) is 9.39. The van der Waals surface area contributed by atoms with Crippen molar-refractivity contribution in [2.75, 3.05) is 0 Å². The Labute approximate surface area is 143 Å². The van der Waals surface area contributed by atoms with Gasteiger partial charge >= 0.3 is 7.12 Å². The van der Waals surface area contributed by atoms with Crippen LogP contribution in [0.2, 0.25) is 0 Å². The van der Waals surface area contributed by atoms with E-state index in [4.69, 9.17) is 14.4 Å². The molecule has 0 unspecified atom stereocenters. The molecular formula is C17H22BNO4S. The highest BCUT2D eigenvalue weighted by molar-refractivity contribution is 7.89. The maximum absolute atomic E-state index is 11.7. The number of primary sulfonamides is 1. The topological polar surface area (TPSA) is 78.6 Å². The summed E-state index contributed by atoms with van der Waals surface area (Å²) in [5.41, 5.74) is 0.647. The molecule has 1 aliphatic heterocycles. The Hall–Kier alpha value is -1.41. The van der Waals surface area contributed by atoms with Gasteiger partial charge in [0.1, 0.15) is 0 Å². The van der Waals surface area contributed by atoms with E-state index in [0.29, 0.717) is 5.56 Å². The van der Waals surface area contributed by atoms with Crippen LogP contribution in [0.3, 0.4) is 0 Å². The van der Waals surface area contributed by atoms with E-state index in [2.05, 4.69) is 0 Å². The minimum absolute atomic E-state index is 0.140. The number of hydrogen-bond acceptors (Lipinski definition) is 4. The summed E-state index contributed by atoms with van der Waals surface area (Å²) in [6, 6.07) is 9.02. The molecule has 2 aromatic carbocycles. The van der Waals surface area contributed by atoms with Crippen LogP contribution in [0.25, 0.3) is 10.8 Å². The second-order valence-corrected chi connectivity index (χ2v) is 8.79. The first-order chi connectivity index (χ1) is 10.9. The molecule has 0 bridgehead atoms. The third-order valence-corrected chi connectivity index (χ3v) is 6.18. The summed E-state index contributed by atoms with van der Waals surface area (Å²) in [5.74, 6) is 0. The summed E-state index contributed by atoms with van der Waals surface area (Å²) >= 11 is 0. The SMILES string of the molecule is Cc1c(S(N)(=O)=O)ccc2c(B3OC(C)(C)C(C)(C)O3)cccc12. The zero-order chi connectivity index (χ0) is 17.9. The van der Waals surface area contributed by atoms with Crippen molar-refractivity contribution in [3.05, 3.63) is 35.9 Å². The number of aryl methyl sites for hydroxylation is 1. The summed E-state index contributed by atoms with van der Waals surface area (Å²) in [7, 11) is -4.26. The van der Waals surface area contributed by atoms with Crippen LogP contribution in [-0.4, -0.2) is 26.7 Å². The highest BCUT2D eigenvalue weighted by Gasteiger charge is 2.52. The maximum atomic E-state index is 11.7. The zero-order valence-electron chi connectivity index (χ0n) is 14.6. The second kappa shape index (κ2) is 5.29. The molecule has 0 saturated carbocycles. The Morgan fingerprint density at radius 3 is 2.08 bits per heavy atom. The molecular weight excluding hydrogens is 325 g/mol. The van der Waals surface area contributed by atoms with Crippen molar-refractivity contribution in [3.63, 3.8) is 0 Å². The van der Waals surface area contributed by atoms with Gasteiger partial charge in [-0.15, -0.1) is 0 Å². The van der Waals surface area contributed by atoms with Gasteiger partial charge in [0.2, 0.25) is 10.0 Å². The molecule has 0 atom stereocenters. The van der Waals surface area contributed by atoms with Gasteiger partial charge in [0.25, 0.3) is 0 Å². The fraction of sp³-hybridized carbons (Fsp3) is 0.412. The molecule has 0 aliphatic carbocycles. The Balaban J connectivity index is 2.17. The van der Waals surface area contributed by atoms with Crippen molar-refractivity contribution in [3.8, 4) is 0 Å². The van der Waals surface area contributed by atoms with E-state index in [1.165, 1.54) is 0 Å². The van der Waals surface area contributed by atoms with E-state index in [9.17, 15) is 8.42 Å². The number of rotatable bonds is 2. The molecule has 2 N–H and O–H groups in total. The standard InChI is InChI=1S/C17H22BNO4S/c1-11-12-7-6-8-14(13(12)9-10-15(11)24(19,20)21)18-22-16(2,3)17(4,5)23-18/h6-10H,1-5H3,(H2,19,20,21).